The quantitative estimate of drug-likeness (QED) is 0.795. The molecule has 2 aromatic carbocycles. The molecule has 26 heavy (non-hydrogen) atoms. The van der Waals surface area contributed by atoms with E-state index in [9.17, 15) is 26.4 Å². The largest absolute Gasteiger partial charge is 0.320 e. The van der Waals surface area contributed by atoms with Crippen LogP contribution in [0.2, 0.25) is 0 Å². The molecule has 2 aromatic rings. The summed E-state index contributed by atoms with van der Waals surface area (Å²) in [6, 6.07) is 8.92. The molecule has 2 rings (SSSR count). The Hall–Kier alpha value is -2.39. The van der Waals surface area contributed by atoms with Crippen LogP contribution in [0.15, 0.2) is 42.5 Å². The number of hydrogen-bond donors (Lipinski definition) is 1. The number of hydrogen-bond acceptors (Lipinski definition) is 3. The van der Waals surface area contributed by atoms with Crippen molar-refractivity contribution in [2.45, 2.75) is 6.42 Å². The van der Waals surface area contributed by atoms with Crippen molar-refractivity contribution in [3.05, 3.63) is 65.5 Å². The van der Waals surface area contributed by atoms with E-state index in [1.165, 1.54) is 18.2 Å². The van der Waals surface area contributed by atoms with Crippen molar-refractivity contribution in [1.29, 1.82) is 0 Å². The summed E-state index contributed by atoms with van der Waals surface area (Å²) in [5.41, 5.74) is -0.359. The SMILES string of the molecule is CS(=O)(=O)N(CCc1ccccc1F)CC(=O)Nc1c(F)cccc1F. The molecule has 9 heteroatoms. The number of carbonyl (C=O) groups is 1. The first kappa shape index (κ1) is 19.9. The number of carbonyl (C=O) groups excluding carboxylic acids is 1. The fourth-order valence-electron chi connectivity index (χ4n) is 2.26. The number of anilines is 1. The van der Waals surface area contributed by atoms with E-state index in [1.807, 2.05) is 5.32 Å². The summed E-state index contributed by atoms with van der Waals surface area (Å²) < 4.78 is 65.3. The number of sulfonamides is 1. The van der Waals surface area contributed by atoms with Crippen LogP contribution < -0.4 is 5.32 Å². The fourth-order valence-corrected chi connectivity index (χ4v) is 3.04. The molecular formula is C17H17F3N2O3S. The Morgan fingerprint density at radius 2 is 1.58 bits per heavy atom. The highest BCUT2D eigenvalue weighted by molar-refractivity contribution is 7.88. The van der Waals surface area contributed by atoms with Gasteiger partial charge in [-0.05, 0) is 30.2 Å². The van der Waals surface area contributed by atoms with Gasteiger partial charge in [-0.15, -0.1) is 0 Å². The molecule has 1 N–H and O–H groups in total. The van der Waals surface area contributed by atoms with E-state index in [4.69, 9.17) is 0 Å². The molecule has 0 aliphatic rings. The smallest absolute Gasteiger partial charge is 0.239 e. The van der Waals surface area contributed by atoms with E-state index in [0.717, 1.165) is 28.8 Å². The lowest BCUT2D eigenvalue weighted by Gasteiger charge is -2.20. The Kier molecular flexibility index (Phi) is 6.38. The van der Waals surface area contributed by atoms with E-state index in [1.54, 1.807) is 6.07 Å². The van der Waals surface area contributed by atoms with Gasteiger partial charge in [0.15, 0.2) is 0 Å². The zero-order valence-electron chi connectivity index (χ0n) is 13.9. The van der Waals surface area contributed by atoms with Gasteiger partial charge in [0.1, 0.15) is 23.1 Å². The molecule has 0 radical (unpaired) electrons. The molecule has 0 aromatic heterocycles. The molecule has 1 amide bonds. The van der Waals surface area contributed by atoms with Crippen LogP contribution in [0, 0.1) is 17.5 Å². The van der Waals surface area contributed by atoms with E-state index in [0.29, 0.717) is 5.56 Å². The Labute approximate surface area is 149 Å². The van der Waals surface area contributed by atoms with Crippen molar-refractivity contribution in [1.82, 2.24) is 4.31 Å². The summed E-state index contributed by atoms with van der Waals surface area (Å²) in [6.07, 6.45) is 0.937. The number of halogens is 3. The Morgan fingerprint density at radius 3 is 2.15 bits per heavy atom. The third kappa shape index (κ3) is 5.30. The molecule has 0 unspecified atom stereocenters. The summed E-state index contributed by atoms with van der Waals surface area (Å²) in [7, 11) is -3.79. The van der Waals surface area contributed by atoms with Gasteiger partial charge in [-0.2, -0.15) is 4.31 Å². The average Bonchev–Trinajstić information content (AvgIpc) is 2.55. The van der Waals surface area contributed by atoms with Gasteiger partial charge in [0.25, 0.3) is 0 Å². The van der Waals surface area contributed by atoms with Gasteiger partial charge in [0.05, 0.1) is 12.8 Å². The average molecular weight is 386 g/mol. The highest BCUT2D eigenvalue weighted by Gasteiger charge is 2.22. The molecule has 0 spiro atoms. The van der Waals surface area contributed by atoms with Gasteiger partial charge in [-0.3, -0.25) is 4.79 Å². The molecule has 140 valence electrons. The van der Waals surface area contributed by atoms with E-state index >= 15 is 0 Å². The zero-order chi connectivity index (χ0) is 19.3. The summed E-state index contributed by atoms with van der Waals surface area (Å²) in [6.45, 7) is -0.812. The maximum Gasteiger partial charge on any atom is 0.239 e. The second kappa shape index (κ2) is 8.33. The predicted molar refractivity (Wildman–Crippen MR) is 91.5 cm³/mol. The number of nitrogens with one attached hydrogen (secondary N) is 1. The Bertz CT molecular complexity index is 884. The van der Waals surface area contributed by atoms with Crippen LogP contribution in [0.3, 0.4) is 0 Å². The van der Waals surface area contributed by atoms with E-state index in [2.05, 4.69) is 0 Å². The molecular weight excluding hydrogens is 369 g/mol. The highest BCUT2D eigenvalue weighted by Crippen LogP contribution is 2.18. The van der Waals surface area contributed by atoms with Gasteiger partial charge >= 0.3 is 0 Å². The second-order valence-corrected chi connectivity index (χ2v) is 7.57. The van der Waals surface area contributed by atoms with Crippen molar-refractivity contribution in [2.75, 3.05) is 24.7 Å². The Balaban J connectivity index is 2.08. The second-order valence-electron chi connectivity index (χ2n) is 5.58. The molecule has 5 nitrogen and oxygen atoms in total. The number of nitrogens with zero attached hydrogens (tertiary/aromatic N) is 1. The number of benzene rings is 2. The minimum absolute atomic E-state index is 0.0427. The van der Waals surface area contributed by atoms with E-state index < -0.39 is 45.6 Å². The van der Waals surface area contributed by atoms with E-state index in [-0.39, 0.29) is 13.0 Å². The first-order valence-electron chi connectivity index (χ1n) is 7.61. The normalized spacial score (nSPS) is 11.6. The standard InChI is InChI=1S/C17H17F3N2O3S/c1-26(24,25)22(10-9-12-5-2-3-6-13(12)18)11-16(23)21-17-14(19)7-4-8-15(17)20/h2-8H,9-11H2,1H3,(H,21,23). The molecule has 0 saturated heterocycles. The van der Waals surface area contributed by atoms with Crippen LogP contribution in [0.1, 0.15) is 5.56 Å². The summed E-state index contributed by atoms with van der Waals surface area (Å²) in [4.78, 5) is 12.0. The van der Waals surface area contributed by atoms with Crippen LogP contribution in [-0.2, 0) is 21.2 Å². The van der Waals surface area contributed by atoms with Gasteiger partial charge in [0, 0.05) is 6.54 Å². The third-order valence-corrected chi connectivity index (χ3v) is 4.85. The number of amides is 1. The molecule has 0 bridgehead atoms. The van der Waals surface area contributed by atoms with Crippen molar-refractivity contribution >= 4 is 21.6 Å². The first-order valence-corrected chi connectivity index (χ1v) is 9.45. The van der Waals surface area contributed by atoms with Crippen molar-refractivity contribution in [3.8, 4) is 0 Å². The molecule has 0 fully saturated rings. The number of rotatable bonds is 7. The van der Waals surface area contributed by atoms with Crippen LogP contribution in [0.25, 0.3) is 0 Å². The van der Waals surface area contributed by atoms with Gasteiger partial charge in [-0.1, -0.05) is 24.3 Å². The minimum Gasteiger partial charge on any atom is -0.320 e. The summed E-state index contributed by atoms with van der Waals surface area (Å²) >= 11 is 0. The van der Waals surface area contributed by atoms with Crippen molar-refractivity contribution < 1.29 is 26.4 Å². The minimum atomic E-state index is -3.79. The summed E-state index contributed by atoms with van der Waals surface area (Å²) in [5.74, 6) is -3.35. The topological polar surface area (TPSA) is 66.5 Å². The molecule has 0 aliphatic heterocycles. The third-order valence-electron chi connectivity index (χ3n) is 3.60. The van der Waals surface area contributed by atoms with Crippen LogP contribution in [-0.4, -0.2) is 38.0 Å². The lowest BCUT2D eigenvalue weighted by atomic mass is 10.1. The maximum atomic E-state index is 13.6. The van der Waals surface area contributed by atoms with Gasteiger partial charge in [0.2, 0.25) is 15.9 Å². The first-order chi connectivity index (χ1) is 12.2. The lowest BCUT2D eigenvalue weighted by molar-refractivity contribution is -0.116. The van der Waals surface area contributed by atoms with Crippen LogP contribution in [0.4, 0.5) is 18.9 Å². The monoisotopic (exact) mass is 386 g/mol. The fraction of sp³-hybridized carbons (Fsp3) is 0.235. The molecule has 0 atom stereocenters. The van der Waals surface area contributed by atoms with Gasteiger partial charge < -0.3 is 5.32 Å². The molecule has 0 saturated carbocycles. The molecule has 0 aliphatic carbocycles. The van der Waals surface area contributed by atoms with Crippen LogP contribution in [0.5, 0.6) is 0 Å². The Morgan fingerprint density at radius 1 is 1.00 bits per heavy atom. The predicted octanol–water partition coefficient (Wildman–Crippen LogP) is 2.55. The van der Waals surface area contributed by atoms with Crippen molar-refractivity contribution in [3.63, 3.8) is 0 Å². The maximum absolute atomic E-state index is 13.6. The highest BCUT2D eigenvalue weighted by atomic mass is 32.2. The van der Waals surface area contributed by atoms with Crippen molar-refractivity contribution in [2.24, 2.45) is 0 Å². The summed E-state index contributed by atoms with van der Waals surface area (Å²) in [5, 5.41) is 2.02. The van der Waals surface area contributed by atoms with Gasteiger partial charge in [-0.25, -0.2) is 21.6 Å². The number of para-hydroxylation sites is 1. The lowest BCUT2D eigenvalue weighted by Crippen LogP contribution is -2.39. The molecule has 0 heterocycles. The zero-order valence-corrected chi connectivity index (χ0v) is 14.7. The van der Waals surface area contributed by atoms with Crippen LogP contribution >= 0.6 is 0 Å².